The van der Waals surface area contributed by atoms with Crippen LogP contribution in [0.2, 0.25) is 0 Å². The van der Waals surface area contributed by atoms with Crippen LogP contribution < -0.4 is 20.7 Å². The van der Waals surface area contributed by atoms with E-state index < -0.39 is 24.1 Å². The molecule has 11 nitrogen and oxygen atoms in total. The maximum atomic E-state index is 12.5. The van der Waals surface area contributed by atoms with Crippen LogP contribution >= 0.6 is 0 Å². The van der Waals surface area contributed by atoms with E-state index in [1.165, 1.54) is 19.1 Å². The van der Waals surface area contributed by atoms with Gasteiger partial charge in [0.2, 0.25) is 0 Å². The molecule has 0 aliphatic carbocycles. The zero-order valence-corrected chi connectivity index (χ0v) is 19.5. The highest BCUT2D eigenvalue weighted by Crippen LogP contribution is 2.28. The number of esters is 2. The summed E-state index contributed by atoms with van der Waals surface area (Å²) in [5.41, 5.74) is 7.95. The number of anilines is 1. The van der Waals surface area contributed by atoms with E-state index in [1.807, 2.05) is 12.1 Å². The van der Waals surface area contributed by atoms with Crippen molar-refractivity contribution in [3.8, 4) is 5.75 Å². The molecular formula is C24H28N4O7. The molecule has 1 saturated heterocycles. The lowest BCUT2D eigenvalue weighted by Crippen LogP contribution is -2.29. The molecule has 4 N–H and O–H groups in total. The number of ether oxygens (including phenoxy) is 4. The quantitative estimate of drug-likeness (QED) is 0.197. The van der Waals surface area contributed by atoms with Crippen LogP contribution in [0.15, 0.2) is 42.5 Å². The van der Waals surface area contributed by atoms with E-state index in [0.717, 1.165) is 5.56 Å². The van der Waals surface area contributed by atoms with Gasteiger partial charge < -0.3 is 30.0 Å². The number of hydrogen-bond acceptors (Lipinski definition) is 8. The number of benzene rings is 2. The molecule has 1 amide bonds. The second-order valence-electron chi connectivity index (χ2n) is 7.77. The Morgan fingerprint density at radius 1 is 1.09 bits per heavy atom. The second kappa shape index (κ2) is 11.7. The normalized spacial score (nSPS) is 14.7. The van der Waals surface area contributed by atoms with Gasteiger partial charge in [0, 0.05) is 23.4 Å². The fourth-order valence-electron chi connectivity index (χ4n) is 3.54. The summed E-state index contributed by atoms with van der Waals surface area (Å²) in [4.78, 5) is 37.7. The van der Waals surface area contributed by atoms with E-state index in [2.05, 4.69) is 5.32 Å². The third kappa shape index (κ3) is 6.85. The van der Waals surface area contributed by atoms with Gasteiger partial charge in [-0.3, -0.25) is 19.9 Å². The van der Waals surface area contributed by atoms with Crippen LogP contribution in [-0.4, -0.2) is 57.5 Å². The molecule has 2 aromatic carbocycles. The van der Waals surface area contributed by atoms with Gasteiger partial charge in [-0.05, 0) is 17.7 Å². The summed E-state index contributed by atoms with van der Waals surface area (Å²) in [7, 11) is 2.58. The third-order valence-electron chi connectivity index (χ3n) is 5.32. The number of rotatable bonds is 10. The fourth-order valence-corrected chi connectivity index (χ4v) is 3.54. The van der Waals surface area contributed by atoms with Gasteiger partial charge in [-0.25, -0.2) is 4.79 Å². The Balaban J connectivity index is 1.69. The van der Waals surface area contributed by atoms with Gasteiger partial charge in [-0.1, -0.05) is 30.3 Å². The van der Waals surface area contributed by atoms with E-state index in [4.69, 9.17) is 30.1 Å². The Morgan fingerprint density at radius 3 is 2.23 bits per heavy atom. The summed E-state index contributed by atoms with van der Waals surface area (Å²) in [5.74, 6) is -0.668. The first kappa shape index (κ1) is 25.3. The fraction of sp³-hybridized carbons (Fsp3) is 0.333. The average molecular weight is 485 g/mol. The zero-order chi connectivity index (χ0) is 25.4. The first-order valence-corrected chi connectivity index (χ1v) is 10.8. The predicted molar refractivity (Wildman–Crippen MR) is 126 cm³/mol. The van der Waals surface area contributed by atoms with Crippen LogP contribution in [0.3, 0.4) is 0 Å². The molecule has 1 heterocycles. The number of nitrogens with one attached hydrogen (secondary N) is 2. The predicted octanol–water partition coefficient (Wildman–Crippen LogP) is 1.50. The number of methoxy groups -OCH3 is 2. The Kier molecular flexibility index (Phi) is 8.49. The molecule has 0 radical (unpaired) electrons. The minimum atomic E-state index is -0.571. The molecule has 0 bridgehead atoms. The molecule has 186 valence electrons. The average Bonchev–Trinajstić information content (AvgIpc) is 3.22. The summed E-state index contributed by atoms with van der Waals surface area (Å²) in [6.07, 6.45) is -1.16. The number of carbonyl (C=O) groups is 3. The van der Waals surface area contributed by atoms with Gasteiger partial charge in [-0.2, -0.15) is 0 Å². The van der Waals surface area contributed by atoms with E-state index in [1.54, 1.807) is 30.3 Å². The van der Waals surface area contributed by atoms with E-state index in [0.29, 0.717) is 29.1 Å². The topological polar surface area (TPSA) is 153 Å². The van der Waals surface area contributed by atoms with Crippen LogP contribution in [0.4, 0.5) is 10.5 Å². The Labute approximate surface area is 202 Å². The molecule has 11 heteroatoms. The highest BCUT2D eigenvalue weighted by molar-refractivity contribution is 5.89. The molecule has 3 rings (SSSR count). The van der Waals surface area contributed by atoms with E-state index in [9.17, 15) is 14.4 Å². The number of guanidine groups is 1. The maximum Gasteiger partial charge on any atom is 0.414 e. The van der Waals surface area contributed by atoms with Crippen LogP contribution in [0.25, 0.3) is 0 Å². The molecular weight excluding hydrogens is 456 g/mol. The summed E-state index contributed by atoms with van der Waals surface area (Å²) in [6.45, 7) is 0.681. The van der Waals surface area contributed by atoms with Crippen molar-refractivity contribution in [2.45, 2.75) is 25.5 Å². The minimum Gasteiger partial charge on any atom is -0.489 e. The van der Waals surface area contributed by atoms with Crippen molar-refractivity contribution < 1.29 is 33.3 Å². The number of nitrogens with zero attached hydrogens (tertiary/aromatic N) is 1. The van der Waals surface area contributed by atoms with Crippen molar-refractivity contribution in [2.75, 3.05) is 32.3 Å². The van der Waals surface area contributed by atoms with Gasteiger partial charge in [0.05, 0.1) is 33.6 Å². The Morgan fingerprint density at radius 2 is 1.69 bits per heavy atom. The van der Waals surface area contributed by atoms with Crippen LogP contribution in [0, 0.1) is 5.41 Å². The summed E-state index contributed by atoms with van der Waals surface area (Å²) < 4.78 is 21.0. The Hall–Kier alpha value is -4.28. The molecule has 1 atom stereocenters. The second-order valence-corrected chi connectivity index (χ2v) is 7.77. The van der Waals surface area contributed by atoms with Gasteiger partial charge >= 0.3 is 18.0 Å². The molecule has 1 aliphatic heterocycles. The van der Waals surface area contributed by atoms with Gasteiger partial charge in [0.15, 0.2) is 12.1 Å². The summed E-state index contributed by atoms with van der Waals surface area (Å²) in [6, 6.07) is 12.3. The number of carbonyl (C=O) groups excluding carboxylic acids is 3. The smallest absolute Gasteiger partial charge is 0.414 e. The molecule has 1 aliphatic rings. The maximum absolute atomic E-state index is 12.5. The van der Waals surface area contributed by atoms with Gasteiger partial charge in [-0.15, -0.1) is 0 Å². The van der Waals surface area contributed by atoms with Crippen molar-refractivity contribution in [2.24, 2.45) is 5.73 Å². The SMILES string of the molecule is COC(=O)Cc1cccc(CC(=O)OC)c1OCC1CN(c2ccc(CNC(=N)N)cc2)C(=O)O1. The number of hydrogen-bond donors (Lipinski definition) is 3. The van der Waals surface area contributed by atoms with E-state index >= 15 is 0 Å². The summed E-state index contributed by atoms with van der Waals surface area (Å²) >= 11 is 0. The van der Waals surface area contributed by atoms with Crippen molar-refractivity contribution in [3.05, 3.63) is 59.2 Å². The molecule has 1 fully saturated rings. The van der Waals surface area contributed by atoms with Crippen molar-refractivity contribution in [1.82, 2.24) is 5.32 Å². The largest absolute Gasteiger partial charge is 0.489 e. The standard InChI is InChI=1S/C24H28N4O7/c1-32-20(29)10-16-4-3-5-17(11-21(30)33-2)22(16)34-14-19-13-28(24(31)35-19)18-8-6-15(7-9-18)12-27-23(25)26/h3-9,19H,10-14H2,1-2H3,(H4,25,26,27). The van der Waals surface area contributed by atoms with Crippen LogP contribution in [0.5, 0.6) is 5.75 Å². The zero-order valence-electron chi connectivity index (χ0n) is 19.5. The van der Waals surface area contributed by atoms with Crippen LogP contribution in [0.1, 0.15) is 16.7 Å². The highest BCUT2D eigenvalue weighted by atomic mass is 16.6. The molecule has 2 aromatic rings. The lowest BCUT2D eigenvalue weighted by Gasteiger charge is -2.17. The number of nitrogens with two attached hydrogens (primary N) is 1. The third-order valence-corrected chi connectivity index (χ3v) is 5.32. The van der Waals surface area contributed by atoms with Gasteiger partial charge in [0.1, 0.15) is 12.4 Å². The first-order valence-electron chi connectivity index (χ1n) is 10.8. The Bertz CT molecular complexity index is 1050. The monoisotopic (exact) mass is 484 g/mol. The van der Waals surface area contributed by atoms with Crippen molar-refractivity contribution >= 4 is 29.7 Å². The molecule has 0 aromatic heterocycles. The molecule has 35 heavy (non-hydrogen) atoms. The van der Waals surface area contributed by atoms with Crippen molar-refractivity contribution in [3.63, 3.8) is 0 Å². The molecule has 1 unspecified atom stereocenters. The number of cyclic esters (lactones) is 1. The van der Waals surface area contributed by atoms with Crippen LogP contribution in [-0.2, 0) is 43.2 Å². The molecule has 0 saturated carbocycles. The lowest BCUT2D eigenvalue weighted by molar-refractivity contribution is -0.140. The first-order chi connectivity index (χ1) is 16.8. The number of para-hydroxylation sites is 1. The van der Waals surface area contributed by atoms with E-state index in [-0.39, 0.29) is 32.0 Å². The lowest BCUT2D eigenvalue weighted by atomic mass is 10.0. The minimum absolute atomic E-state index is 0.0230. The van der Waals surface area contributed by atoms with Crippen molar-refractivity contribution in [1.29, 1.82) is 5.41 Å². The number of amides is 1. The highest BCUT2D eigenvalue weighted by Gasteiger charge is 2.33. The van der Waals surface area contributed by atoms with Gasteiger partial charge in [0.25, 0.3) is 0 Å². The molecule has 0 spiro atoms. The summed E-state index contributed by atoms with van der Waals surface area (Å²) in [5, 5.41) is 9.94.